The summed E-state index contributed by atoms with van der Waals surface area (Å²) in [4.78, 5) is 0. The van der Waals surface area contributed by atoms with Gasteiger partial charge in [-0.1, -0.05) is 0 Å². The third kappa shape index (κ3) is 160. The van der Waals surface area contributed by atoms with Crippen molar-refractivity contribution in [3.05, 3.63) is 0 Å². The van der Waals surface area contributed by atoms with Gasteiger partial charge in [-0.25, -0.2) is 0 Å². The predicted molar refractivity (Wildman–Crippen MR) is 44.8 cm³/mol. The Hall–Kier alpha value is 0.392. The van der Waals surface area contributed by atoms with Crippen molar-refractivity contribution in [1.29, 1.82) is 0 Å². The molecule has 0 amide bonds. The summed E-state index contributed by atoms with van der Waals surface area (Å²) in [6.07, 6.45) is 0. The van der Waals surface area contributed by atoms with Crippen LogP contribution in [0.3, 0.4) is 0 Å². The monoisotopic (exact) mass is 375 g/mol. The Kier molecular flexibility index (Phi) is 80.5. The van der Waals surface area contributed by atoms with Gasteiger partial charge in [0, 0.05) is 26.2 Å². The molecule has 8 heteroatoms. The summed E-state index contributed by atoms with van der Waals surface area (Å²) in [6, 6.07) is 0. The number of halogens is 1. The molecular weight excluding hydrogens is 358 g/mol. The van der Waals surface area contributed by atoms with Gasteiger partial charge in [0.2, 0.25) is 0 Å². The predicted octanol–water partition coefficient (Wildman–Crippen LogP) is -2.01. The molecule has 0 aliphatic rings. The summed E-state index contributed by atoms with van der Waals surface area (Å²) in [5, 5.41) is 0. The van der Waals surface area contributed by atoms with Crippen LogP contribution in [-0.4, -0.2) is 26.2 Å². The Balaban J connectivity index is -0.0000000389. The zero-order valence-corrected chi connectivity index (χ0v) is 10.3. The Morgan fingerprint density at radius 2 is 0.833 bits per heavy atom. The van der Waals surface area contributed by atoms with Crippen LogP contribution in [0.25, 0.3) is 0 Å². The van der Waals surface area contributed by atoms with Crippen molar-refractivity contribution in [2.24, 2.45) is 22.9 Å². The van der Waals surface area contributed by atoms with Gasteiger partial charge in [0.25, 0.3) is 0 Å². The molecule has 0 unspecified atom stereocenters. The number of hydrogen-bond donors (Lipinski definition) is 4. The van der Waals surface area contributed by atoms with Gasteiger partial charge in [0.1, 0.15) is 0 Å². The minimum absolute atomic E-state index is 0. The second kappa shape index (κ2) is 42.3. The molecule has 12 heavy (non-hydrogen) atoms. The molecule has 0 aromatic heterocycles. The van der Waals surface area contributed by atoms with Gasteiger partial charge < -0.3 is 22.9 Å². The first kappa shape index (κ1) is 22.8. The fraction of sp³-hybridized carbons (Fsp3) is 1.00. The molecular formula is C4H17ClN4O2Re. The van der Waals surface area contributed by atoms with E-state index in [1.54, 1.807) is 0 Å². The third-order valence-electron chi connectivity index (χ3n) is 0.333. The van der Waals surface area contributed by atoms with E-state index in [-0.39, 0.29) is 12.4 Å². The summed E-state index contributed by atoms with van der Waals surface area (Å²) in [7, 11) is 0. The first-order valence-corrected chi connectivity index (χ1v) is 5.16. The van der Waals surface area contributed by atoms with Crippen molar-refractivity contribution in [1.82, 2.24) is 0 Å². The molecule has 6 nitrogen and oxygen atoms in total. The quantitative estimate of drug-likeness (QED) is 0.440. The summed E-state index contributed by atoms with van der Waals surface area (Å²) in [5.41, 5.74) is 19.6. The van der Waals surface area contributed by atoms with E-state index < -0.39 is 17.9 Å². The fourth-order valence-corrected chi connectivity index (χ4v) is 0. The third-order valence-corrected chi connectivity index (χ3v) is 0.333. The summed E-state index contributed by atoms with van der Waals surface area (Å²) in [5.74, 6) is 0. The minimum atomic E-state index is -2.17. The zero-order chi connectivity index (χ0) is 9.54. The number of rotatable bonds is 2. The second-order valence-corrected chi connectivity index (χ2v) is 1.67. The van der Waals surface area contributed by atoms with E-state index in [0.717, 1.165) is 0 Å². The second-order valence-electron chi connectivity index (χ2n) is 1.22. The van der Waals surface area contributed by atoms with Crippen LogP contribution in [0.15, 0.2) is 0 Å². The van der Waals surface area contributed by atoms with Crippen molar-refractivity contribution in [3.63, 3.8) is 0 Å². The number of nitrogens with two attached hydrogens (primary N) is 4. The molecule has 0 saturated carbocycles. The van der Waals surface area contributed by atoms with Gasteiger partial charge in [-0.15, -0.1) is 12.4 Å². The molecule has 8 N–H and O–H groups in total. The van der Waals surface area contributed by atoms with Gasteiger partial charge in [-0.05, 0) is 0 Å². The molecule has 0 heterocycles. The maximum atomic E-state index is 8.53. The van der Waals surface area contributed by atoms with Crippen LogP contribution in [0.1, 0.15) is 0 Å². The first-order chi connectivity index (χ1) is 5.24. The molecule has 0 saturated heterocycles. The van der Waals surface area contributed by atoms with Crippen molar-refractivity contribution in [2.45, 2.75) is 0 Å². The average Bonchev–Trinajstić information content (AvgIpc) is 2.06. The van der Waals surface area contributed by atoms with Crippen molar-refractivity contribution >= 4 is 12.4 Å². The van der Waals surface area contributed by atoms with E-state index in [2.05, 4.69) is 0 Å². The van der Waals surface area contributed by atoms with Crippen LogP contribution in [0.2, 0.25) is 0 Å². The van der Waals surface area contributed by atoms with Crippen LogP contribution < -0.4 is 22.9 Å². The van der Waals surface area contributed by atoms with E-state index >= 15 is 0 Å². The van der Waals surface area contributed by atoms with Crippen molar-refractivity contribution in [2.75, 3.05) is 26.2 Å². The molecule has 0 bridgehead atoms. The van der Waals surface area contributed by atoms with Gasteiger partial charge in [0.05, 0.1) is 0 Å². The molecule has 0 aliphatic carbocycles. The molecule has 0 rings (SSSR count). The first-order valence-electron chi connectivity index (χ1n) is 2.94. The Labute approximate surface area is 86.6 Å². The van der Waals surface area contributed by atoms with Gasteiger partial charge in [-0.2, -0.15) is 0 Å². The molecule has 79 valence electrons. The summed E-state index contributed by atoms with van der Waals surface area (Å²) >= 11 is -2.17. The van der Waals surface area contributed by atoms with E-state index in [1.165, 1.54) is 0 Å². The van der Waals surface area contributed by atoms with Crippen LogP contribution in [0.5, 0.6) is 0 Å². The van der Waals surface area contributed by atoms with Crippen LogP contribution in [-0.2, 0) is 24.8 Å². The Morgan fingerprint density at radius 3 is 0.833 bits per heavy atom. The van der Waals surface area contributed by atoms with E-state index in [0.29, 0.717) is 26.2 Å². The molecule has 0 aliphatic heterocycles. The standard InChI is InChI=1S/2C2H8N2.ClH.2O.Re/c2*3-1-2-4;;;;/h2*1-4H2;1H;;;. The van der Waals surface area contributed by atoms with E-state index in [1.807, 2.05) is 0 Å². The number of hydrogen-bond acceptors (Lipinski definition) is 6. The topological polar surface area (TPSA) is 138 Å². The van der Waals surface area contributed by atoms with Crippen molar-refractivity contribution in [3.8, 4) is 0 Å². The Bertz CT molecular complexity index is 73.5. The fourth-order valence-electron chi connectivity index (χ4n) is 0. The zero-order valence-electron chi connectivity index (χ0n) is 6.74. The van der Waals surface area contributed by atoms with E-state index in [9.17, 15) is 0 Å². The normalized spacial score (nSPS) is 6.00. The summed E-state index contributed by atoms with van der Waals surface area (Å²) < 4.78 is 17.1. The molecule has 0 spiro atoms. The molecule has 0 radical (unpaired) electrons. The molecule has 0 aromatic rings. The van der Waals surface area contributed by atoms with Crippen molar-refractivity contribution < 1.29 is 24.8 Å². The van der Waals surface area contributed by atoms with Crippen LogP contribution >= 0.6 is 12.4 Å². The molecule has 0 atom stereocenters. The van der Waals surface area contributed by atoms with E-state index in [4.69, 9.17) is 29.9 Å². The Morgan fingerprint density at radius 1 is 0.750 bits per heavy atom. The molecule has 0 fully saturated rings. The van der Waals surface area contributed by atoms with Crippen LogP contribution in [0.4, 0.5) is 0 Å². The van der Waals surface area contributed by atoms with Crippen LogP contribution in [0, 0.1) is 0 Å². The molecule has 0 aromatic carbocycles. The SMILES string of the molecule is Cl.NCCN.NCCN.[O]=[Re]=[O]. The average molecular weight is 375 g/mol. The maximum absolute atomic E-state index is 8.53. The van der Waals surface area contributed by atoms with Gasteiger partial charge in [-0.3, -0.25) is 0 Å². The van der Waals surface area contributed by atoms with Gasteiger partial charge in [0.15, 0.2) is 0 Å². The van der Waals surface area contributed by atoms with Gasteiger partial charge >= 0.3 is 24.8 Å². The summed E-state index contributed by atoms with van der Waals surface area (Å²) in [6.45, 7) is 2.39.